The Balaban J connectivity index is 2.89. The minimum absolute atomic E-state index is 0.167. The molecule has 0 unspecified atom stereocenters. The first-order chi connectivity index (χ1) is 9.40. The van der Waals surface area contributed by atoms with E-state index in [1.807, 2.05) is 18.4 Å². The summed E-state index contributed by atoms with van der Waals surface area (Å²) < 4.78 is 4.43. The number of nitrogens with zero attached hydrogens (tertiary/aromatic N) is 4. The Hall–Kier alpha value is -1.89. The molecule has 0 bridgehead atoms. The zero-order valence-corrected chi connectivity index (χ0v) is 12.4. The summed E-state index contributed by atoms with van der Waals surface area (Å²) in [6, 6.07) is 0. The van der Waals surface area contributed by atoms with Crippen molar-refractivity contribution in [2.24, 2.45) is 19.8 Å². The minimum Gasteiger partial charge on any atom is -0.330 e. The van der Waals surface area contributed by atoms with E-state index >= 15 is 0 Å². The molecule has 0 aromatic carbocycles. The van der Waals surface area contributed by atoms with Crippen molar-refractivity contribution in [3.8, 4) is 0 Å². The molecule has 7 heteroatoms. The Bertz CT molecular complexity index is 751. The first kappa shape index (κ1) is 14.5. The second-order valence-corrected chi connectivity index (χ2v) is 5.30. The molecular weight excluding hydrogens is 258 g/mol. The van der Waals surface area contributed by atoms with Gasteiger partial charge in [0.25, 0.3) is 5.56 Å². The molecule has 0 atom stereocenters. The fraction of sp³-hybridized carbons (Fsp3) is 0.615. The van der Waals surface area contributed by atoms with Gasteiger partial charge in [-0.1, -0.05) is 13.8 Å². The summed E-state index contributed by atoms with van der Waals surface area (Å²) in [5, 5.41) is 0. The van der Waals surface area contributed by atoms with Crippen molar-refractivity contribution in [1.29, 1.82) is 0 Å². The van der Waals surface area contributed by atoms with Crippen LogP contribution >= 0.6 is 0 Å². The van der Waals surface area contributed by atoms with Gasteiger partial charge < -0.3 is 10.3 Å². The quantitative estimate of drug-likeness (QED) is 0.847. The maximum atomic E-state index is 12.4. The number of aromatic nitrogens is 4. The van der Waals surface area contributed by atoms with Crippen LogP contribution in [-0.4, -0.2) is 25.2 Å². The van der Waals surface area contributed by atoms with E-state index in [0.717, 1.165) is 16.8 Å². The van der Waals surface area contributed by atoms with Crippen molar-refractivity contribution < 1.29 is 0 Å². The molecule has 0 aliphatic rings. The lowest BCUT2D eigenvalue weighted by molar-refractivity contribution is 0.604. The van der Waals surface area contributed by atoms with Gasteiger partial charge in [0, 0.05) is 26.6 Å². The first-order valence-corrected chi connectivity index (χ1v) is 6.76. The molecule has 0 amide bonds. The molecule has 2 aromatic rings. The number of rotatable bonds is 4. The zero-order valence-electron chi connectivity index (χ0n) is 12.4. The lowest BCUT2D eigenvalue weighted by atomic mass is 10.2. The smallest absolute Gasteiger partial charge is 0.330 e. The fourth-order valence-corrected chi connectivity index (χ4v) is 2.38. The summed E-state index contributed by atoms with van der Waals surface area (Å²) in [5.41, 5.74) is 5.82. The number of hydrogen-bond acceptors (Lipinski definition) is 4. The summed E-state index contributed by atoms with van der Waals surface area (Å²) in [4.78, 5) is 28.8. The predicted molar refractivity (Wildman–Crippen MR) is 78.0 cm³/mol. The van der Waals surface area contributed by atoms with Gasteiger partial charge in [0.15, 0.2) is 11.2 Å². The van der Waals surface area contributed by atoms with Crippen LogP contribution in [-0.2, 0) is 20.6 Å². The van der Waals surface area contributed by atoms with Crippen molar-refractivity contribution >= 4 is 11.2 Å². The molecule has 0 spiro atoms. The molecule has 2 rings (SSSR count). The SMILES string of the molecule is CC(C)c1nc2c(c(=O)n(C)c(=O)n2C)n1CCCN. The van der Waals surface area contributed by atoms with Gasteiger partial charge in [-0.3, -0.25) is 13.9 Å². The molecule has 20 heavy (non-hydrogen) atoms. The third-order valence-electron chi connectivity index (χ3n) is 3.48. The van der Waals surface area contributed by atoms with E-state index in [0.29, 0.717) is 24.3 Å². The maximum Gasteiger partial charge on any atom is 0.332 e. The van der Waals surface area contributed by atoms with Crippen LogP contribution in [0.15, 0.2) is 9.59 Å². The molecule has 110 valence electrons. The van der Waals surface area contributed by atoms with Gasteiger partial charge in [0.1, 0.15) is 5.82 Å². The van der Waals surface area contributed by atoms with Gasteiger partial charge in [0.2, 0.25) is 0 Å². The summed E-state index contributed by atoms with van der Waals surface area (Å²) in [6.45, 7) is 5.21. The summed E-state index contributed by atoms with van der Waals surface area (Å²) >= 11 is 0. The second kappa shape index (κ2) is 5.24. The Kier molecular flexibility index (Phi) is 3.80. The van der Waals surface area contributed by atoms with E-state index in [2.05, 4.69) is 4.98 Å². The molecule has 7 nitrogen and oxygen atoms in total. The van der Waals surface area contributed by atoms with Crippen LogP contribution in [0.3, 0.4) is 0 Å². The van der Waals surface area contributed by atoms with Crippen molar-refractivity contribution in [3.05, 3.63) is 26.7 Å². The van der Waals surface area contributed by atoms with Crippen LogP contribution in [0.5, 0.6) is 0 Å². The maximum absolute atomic E-state index is 12.4. The second-order valence-electron chi connectivity index (χ2n) is 5.30. The van der Waals surface area contributed by atoms with Crippen LogP contribution in [0.2, 0.25) is 0 Å². The average Bonchev–Trinajstić information content (AvgIpc) is 2.80. The summed E-state index contributed by atoms with van der Waals surface area (Å²) in [5.74, 6) is 0.978. The minimum atomic E-state index is -0.360. The number of fused-ring (bicyclic) bond motifs is 1. The Morgan fingerprint density at radius 2 is 1.85 bits per heavy atom. The van der Waals surface area contributed by atoms with E-state index in [4.69, 9.17) is 5.73 Å². The Labute approximate surface area is 116 Å². The van der Waals surface area contributed by atoms with Crippen LogP contribution in [0.4, 0.5) is 0 Å². The van der Waals surface area contributed by atoms with Gasteiger partial charge in [-0.25, -0.2) is 9.78 Å². The molecule has 2 N–H and O–H groups in total. The van der Waals surface area contributed by atoms with Crippen molar-refractivity contribution in [2.75, 3.05) is 6.54 Å². The molecule has 0 aliphatic carbocycles. The molecule has 2 heterocycles. The van der Waals surface area contributed by atoms with E-state index in [9.17, 15) is 9.59 Å². The molecule has 2 aromatic heterocycles. The van der Waals surface area contributed by atoms with Gasteiger partial charge in [-0.2, -0.15) is 0 Å². The van der Waals surface area contributed by atoms with Crippen molar-refractivity contribution in [2.45, 2.75) is 32.7 Å². The molecule has 0 aliphatic heterocycles. The number of aryl methyl sites for hydroxylation is 2. The fourth-order valence-electron chi connectivity index (χ4n) is 2.38. The van der Waals surface area contributed by atoms with Crippen molar-refractivity contribution in [1.82, 2.24) is 18.7 Å². The number of nitrogens with two attached hydrogens (primary N) is 1. The molecule has 0 fully saturated rings. The van der Waals surface area contributed by atoms with E-state index < -0.39 is 0 Å². The highest BCUT2D eigenvalue weighted by Gasteiger charge is 2.20. The molecular formula is C13H21N5O2. The third kappa shape index (κ3) is 2.07. The molecule has 0 radical (unpaired) electrons. The van der Waals surface area contributed by atoms with E-state index in [-0.39, 0.29) is 17.2 Å². The summed E-state index contributed by atoms with van der Waals surface area (Å²) in [6.07, 6.45) is 0.761. The van der Waals surface area contributed by atoms with E-state index in [1.165, 1.54) is 11.6 Å². The lowest BCUT2D eigenvalue weighted by Gasteiger charge is -2.10. The standard InChI is InChI=1S/C13H21N5O2/c1-8(2)10-15-11-9(18(10)7-5-6-14)12(19)17(4)13(20)16(11)3/h8H,5-7,14H2,1-4H3. The van der Waals surface area contributed by atoms with Crippen molar-refractivity contribution in [3.63, 3.8) is 0 Å². The average molecular weight is 279 g/mol. The Morgan fingerprint density at radius 3 is 2.40 bits per heavy atom. The third-order valence-corrected chi connectivity index (χ3v) is 3.48. The van der Waals surface area contributed by atoms with Gasteiger partial charge in [-0.05, 0) is 13.0 Å². The zero-order chi connectivity index (χ0) is 15.0. The monoisotopic (exact) mass is 279 g/mol. The highest BCUT2D eigenvalue weighted by molar-refractivity contribution is 5.71. The predicted octanol–water partition coefficient (Wildman–Crippen LogP) is -0.0941. The van der Waals surface area contributed by atoms with Crippen LogP contribution in [0.1, 0.15) is 32.0 Å². The Morgan fingerprint density at radius 1 is 1.20 bits per heavy atom. The number of imidazole rings is 1. The van der Waals surface area contributed by atoms with Gasteiger partial charge in [-0.15, -0.1) is 0 Å². The topological polar surface area (TPSA) is 87.8 Å². The highest BCUT2D eigenvalue weighted by Crippen LogP contribution is 2.18. The van der Waals surface area contributed by atoms with Crippen LogP contribution in [0.25, 0.3) is 11.2 Å². The largest absolute Gasteiger partial charge is 0.332 e. The summed E-state index contributed by atoms with van der Waals surface area (Å²) in [7, 11) is 3.12. The number of hydrogen-bond donors (Lipinski definition) is 1. The van der Waals surface area contributed by atoms with Gasteiger partial charge >= 0.3 is 5.69 Å². The van der Waals surface area contributed by atoms with E-state index in [1.54, 1.807) is 7.05 Å². The van der Waals surface area contributed by atoms with Crippen LogP contribution < -0.4 is 17.0 Å². The van der Waals surface area contributed by atoms with Gasteiger partial charge in [0.05, 0.1) is 0 Å². The normalized spacial score (nSPS) is 11.7. The first-order valence-electron chi connectivity index (χ1n) is 6.76. The lowest BCUT2D eigenvalue weighted by Crippen LogP contribution is -2.37. The highest BCUT2D eigenvalue weighted by atomic mass is 16.2. The molecule has 0 saturated carbocycles. The van der Waals surface area contributed by atoms with Crippen LogP contribution in [0, 0.1) is 0 Å². The molecule has 0 saturated heterocycles.